The van der Waals surface area contributed by atoms with E-state index in [1.807, 2.05) is 0 Å². The molecule has 0 heterocycles. The lowest BCUT2D eigenvalue weighted by molar-refractivity contribution is -0.929. The molecule has 0 spiro atoms. The van der Waals surface area contributed by atoms with Gasteiger partial charge in [-0.05, 0) is 12.8 Å². The molecule has 0 rings (SSSR count). The van der Waals surface area contributed by atoms with Crippen molar-refractivity contribution in [3.8, 4) is 0 Å². The Hall–Kier alpha value is -0.280. The van der Waals surface area contributed by atoms with Gasteiger partial charge in [0.15, 0.2) is 0 Å². The Morgan fingerprint density at radius 2 is 0.676 bits per heavy atom. The third-order valence-electron chi connectivity index (χ3n) is 7.32. The molecule has 0 aromatic carbocycles. The van der Waals surface area contributed by atoms with Crippen molar-refractivity contribution >= 4 is 0 Å². The zero-order chi connectivity index (χ0) is 27.1. The van der Waals surface area contributed by atoms with Gasteiger partial charge in [0.05, 0.1) is 66.0 Å². The van der Waals surface area contributed by atoms with Gasteiger partial charge < -0.3 is 34.0 Å². The van der Waals surface area contributed by atoms with Crippen molar-refractivity contribution in [3.63, 3.8) is 0 Å². The smallest absolute Gasteiger partial charge is 0.103 e. The minimum Gasteiger partial charge on any atom is -0.394 e. The average molecular weight is 535 g/mol. The topological polar surface area (TPSA) is 88.4 Å². The Kier molecular flexibility index (Phi) is 30.0. The van der Waals surface area contributed by atoms with E-state index >= 15 is 0 Å². The van der Waals surface area contributed by atoms with Crippen LogP contribution in [0, 0.1) is 0 Å². The number of unbranched alkanes of at least 4 members (excludes halogenated alkanes) is 15. The summed E-state index contributed by atoms with van der Waals surface area (Å²) in [5, 5.41) is 27.1. The maximum absolute atomic E-state index is 9.04. The summed E-state index contributed by atoms with van der Waals surface area (Å²) in [6.45, 7) is 8.88. The number of nitrogens with zero attached hydrogens (tertiary/aromatic N) is 1. The van der Waals surface area contributed by atoms with E-state index in [9.17, 15) is 0 Å². The minimum absolute atomic E-state index is 0.0400. The third kappa shape index (κ3) is 25.7. The van der Waals surface area contributed by atoms with Crippen LogP contribution in [0.5, 0.6) is 0 Å². The van der Waals surface area contributed by atoms with Gasteiger partial charge in [-0.15, -0.1) is 0 Å². The summed E-state index contributed by atoms with van der Waals surface area (Å²) in [6, 6.07) is 0. The molecule has 0 saturated heterocycles. The number of ether oxygens (including phenoxy) is 3. The van der Waals surface area contributed by atoms with Gasteiger partial charge in [-0.25, -0.2) is 0 Å². The molecule has 37 heavy (non-hydrogen) atoms. The van der Waals surface area contributed by atoms with Gasteiger partial charge in [-0.3, -0.25) is 0 Å². The van der Waals surface area contributed by atoms with E-state index in [0.29, 0.717) is 39.6 Å². The molecule has 0 radical (unpaired) electrons. The van der Waals surface area contributed by atoms with Crippen LogP contribution in [0.2, 0.25) is 0 Å². The molecule has 224 valence electrons. The summed E-state index contributed by atoms with van der Waals surface area (Å²) < 4.78 is 17.6. The molecule has 0 aliphatic carbocycles. The standard InChI is InChI=1S/C30H64NO6/c1-2-3-4-5-6-7-8-9-10-11-12-13-14-15-16-17-18-31(19-25-35-28-22-32,20-26-36-29-23-33)21-27-37-30-24-34/h32-34H,2-30H2,1H3/q+1. The first-order valence-corrected chi connectivity index (χ1v) is 15.7. The van der Waals surface area contributed by atoms with Crippen LogP contribution in [0.25, 0.3) is 0 Å². The second-order valence-electron chi connectivity index (χ2n) is 10.5. The van der Waals surface area contributed by atoms with Crippen molar-refractivity contribution in [1.29, 1.82) is 0 Å². The number of hydrogen-bond donors (Lipinski definition) is 3. The fourth-order valence-electron chi connectivity index (χ4n) is 4.94. The molecule has 0 amide bonds. The number of quaternary nitrogens is 1. The normalized spacial score (nSPS) is 12.0. The van der Waals surface area contributed by atoms with Crippen molar-refractivity contribution in [2.45, 2.75) is 110 Å². The maximum Gasteiger partial charge on any atom is 0.103 e. The number of rotatable bonds is 32. The van der Waals surface area contributed by atoms with Crippen molar-refractivity contribution in [2.75, 3.05) is 85.6 Å². The largest absolute Gasteiger partial charge is 0.394 e. The molecule has 0 saturated carbocycles. The van der Waals surface area contributed by atoms with Gasteiger partial charge in [0, 0.05) is 0 Å². The SMILES string of the molecule is CCCCCCCCCCCCCCCCCC[N+](CCOCCO)(CCOCCO)CCOCCO. The summed E-state index contributed by atoms with van der Waals surface area (Å²) in [6.07, 6.45) is 21.9. The summed E-state index contributed by atoms with van der Waals surface area (Å²) >= 11 is 0. The molecule has 0 aliphatic heterocycles. The molecule has 3 N–H and O–H groups in total. The van der Waals surface area contributed by atoms with Crippen LogP contribution >= 0.6 is 0 Å². The molecular formula is C30H64NO6+. The number of aliphatic hydroxyl groups excluding tert-OH is 3. The van der Waals surface area contributed by atoms with E-state index in [4.69, 9.17) is 29.5 Å². The predicted octanol–water partition coefficient (Wildman–Crippen LogP) is 5.09. The zero-order valence-electron chi connectivity index (χ0n) is 24.5. The summed E-state index contributed by atoms with van der Waals surface area (Å²) in [5.41, 5.74) is 0. The van der Waals surface area contributed by atoms with Crippen LogP contribution < -0.4 is 0 Å². The highest BCUT2D eigenvalue weighted by molar-refractivity contribution is 4.53. The number of aliphatic hydroxyl groups is 3. The molecule has 0 aromatic heterocycles. The van der Waals surface area contributed by atoms with Gasteiger partial charge in [0.25, 0.3) is 0 Å². The fraction of sp³-hybridized carbons (Fsp3) is 1.00. The fourth-order valence-corrected chi connectivity index (χ4v) is 4.94. The highest BCUT2D eigenvalue weighted by Gasteiger charge is 2.26. The van der Waals surface area contributed by atoms with Crippen LogP contribution in [0.4, 0.5) is 0 Å². The molecule has 7 nitrogen and oxygen atoms in total. The highest BCUT2D eigenvalue weighted by atomic mass is 16.5. The summed E-state index contributed by atoms with van der Waals surface area (Å²) in [7, 11) is 0. The van der Waals surface area contributed by atoms with Gasteiger partial charge >= 0.3 is 0 Å². The van der Waals surface area contributed by atoms with Crippen LogP contribution in [0.15, 0.2) is 0 Å². The van der Waals surface area contributed by atoms with E-state index in [2.05, 4.69) is 6.92 Å². The first-order chi connectivity index (χ1) is 18.2. The predicted molar refractivity (Wildman–Crippen MR) is 153 cm³/mol. The van der Waals surface area contributed by atoms with Gasteiger partial charge in [0.1, 0.15) is 19.6 Å². The van der Waals surface area contributed by atoms with Gasteiger partial charge in [0.2, 0.25) is 0 Å². The molecule has 0 aromatic rings. The first-order valence-electron chi connectivity index (χ1n) is 15.7. The first kappa shape index (κ1) is 36.7. The van der Waals surface area contributed by atoms with Crippen LogP contribution in [-0.4, -0.2) is 105 Å². The van der Waals surface area contributed by atoms with E-state index in [1.54, 1.807) is 0 Å². The van der Waals surface area contributed by atoms with E-state index in [0.717, 1.165) is 37.1 Å². The lowest BCUT2D eigenvalue weighted by Gasteiger charge is -2.39. The van der Waals surface area contributed by atoms with Crippen molar-refractivity contribution in [3.05, 3.63) is 0 Å². The molecule has 0 bridgehead atoms. The number of hydrogen-bond acceptors (Lipinski definition) is 6. The molecular weight excluding hydrogens is 470 g/mol. The Bertz CT molecular complexity index is 396. The average Bonchev–Trinajstić information content (AvgIpc) is 2.91. The van der Waals surface area contributed by atoms with E-state index in [1.165, 1.54) is 96.3 Å². The lowest BCUT2D eigenvalue weighted by Crippen LogP contribution is -2.54. The Morgan fingerprint density at radius 3 is 0.973 bits per heavy atom. The zero-order valence-corrected chi connectivity index (χ0v) is 24.5. The molecule has 7 heteroatoms. The lowest BCUT2D eigenvalue weighted by atomic mass is 10.0. The van der Waals surface area contributed by atoms with Crippen molar-refractivity contribution < 1.29 is 34.0 Å². The third-order valence-corrected chi connectivity index (χ3v) is 7.32. The molecule has 0 unspecified atom stereocenters. The monoisotopic (exact) mass is 534 g/mol. The highest BCUT2D eigenvalue weighted by Crippen LogP contribution is 2.16. The quantitative estimate of drug-likeness (QED) is 0.0823. The van der Waals surface area contributed by atoms with Crippen molar-refractivity contribution in [1.82, 2.24) is 0 Å². The molecule has 0 aliphatic rings. The van der Waals surface area contributed by atoms with Crippen LogP contribution in [0.1, 0.15) is 110 Å². The Morgan fingerprint density at radius 1 is 0.378 bits per heavy atom. The Balaban J connectivity index is 4.13. The second kappa shape index (κ2) is 30.3. The van der Waals surface area contributed by atoms with Gasteiger partial charge in [-0.2, -0.15) is 0 Å². The van der Waals surface area contributed by atoms with Crippen molar-refractivity contribution in [2.24, 2.45) is 0 Å². The van der Waals surface area contributed by atoms with Gasteiger partial charge in [-0.1, -0.05) is 96.8 Å². The molecule has 0 atom stereocenters. The second-order valence-corrected chi connectivity index (χ2v) is 10.5. The van der Waals surface area contributed by atoms with Crippen LogP contribution in [0.3, 0.4) is 0 Å². The summed E-state index contributed by atoms with van der Waals surface area (Å²) in [4.78, 5) is 0. The van der Waals surface area contributed by atoms with E-state index < -0.39 is 0 Å². The van der Waals surface area contributed by atoms with Crippen LogP contribution in [-0.2, 0) is 14.2 Å². The van der Waals surface area contributed by atoms with E-state index in [-0.39, 0.29) is 19.8 Å². The Labute approximate surface area is 229 Å². The summed E-state index contributed by atoms with van der Waals surface area (Å²) in [5.74, 6) is 0. The molecule has 0 fully saturated rings. The minimum atomic E-state index is 0.0400. The maximum atomic E-state index is 9.04.